The average Bonchev–Trinajstić information content (AvgIpc) is 2.67. The van der Waals surface area contributed by atoms with Crippen molar-refractivity contribution in [3.8, 4) is 0 Å². The first-order chi connectivity index (χ1) is 12.6. The van der Waals surface area contributed by atoms with Gasteiger partial charge in [0, 0.05) is 5.02 Å². The molecular formula is C21H18Cl2N2O. The molecule has 5 heteroatoms. The third kappa shape index (κ3) is 4.85. The number of carbonyl (C=O) groups is 1. The van der Waals surface area contributed by atoms with Crippen LogP contribution >= 0.6 is 23.2 Å². The summed E-state index contributed by atoms with van der Waals surface area (Å²) in [5.41, 5.74) is 2.68. The number of hydrogen-bond donors (Lipinski definition) is 2. The van der Waals surface area contributed by atoms with Crippen LogP contribution in [0.25, 0.3) is 0 Å². The standard InChI is InChI=1S/C21H18Cl2N2O/c22-17-11-12-18(23)19(13-17)25-20(26)14-24-21(15-7-3-1-4-8-15)16-9-5-2-6-10-16/h1-13,21,24H,14H2,(H,25,26). The zero-order valence-corrected chi connectivity index (χ0v) is 15.5. The lowest BCUT2D eigenvalue weighted by atomic mass is 9.99. The number of anilines is 1. The Kier molecular flexibility index (Phi) is 6.29. The highest BCUT2D eigenvalue weighted by molar-refractivity contribution is 6.35. The van der Waals surface area contributed by atoms with E-state index in [1.54, 1.807) is 18.2 Å². The summed E-state index contributed by atoms with van der Waals surface area (Å²) in [6.07, 6.45) is 0. The second-order valence-electron chi connectivity index (χ2n) is 5.81. The first-order valence-electron chi connectivity index (χ1n) is 8.21. The van der Waals surface area contributed by atoms with Crippen LogP contribution in [0.1, 0.15) is 17.2 Å². The molecule has 0 atom stereocenters. The fraction of sp³-hybridized carbons (Fsp3) is 0.0952. The second kappa shape index (κ2) is 8.86. The predicted molar refractivity (Wildman–Crippen MR) is 108 cm³/mol. The van der Waals surface area contributed by atoms with Crippen molar-refractivity contribution < 1.29 is 4.79 Å². The maximum Gasteiger partial charge on any atom is 0.238 e. The van der Waals surface area contributed by atoms with Crippen LogP contribution in [0.4, 0.5) is 5.69 Å². The number of carbonyl (C=O) groups excluding carboxylic acids is 1. The highest BCUT2D eigenvalue weighted by Gasteiger charge is 2.15. The van der Waals surface area contributed by atoms with E-state index in [1.807, 2.05) is 60.7 Å². The molecule has 0 aliphatic rings. The summed E-state index contributed by atoms with van der Waals surface area (Å²) in [5.74, 6) is -0.189. The monoisotopic (exact) mass is 384 g/mol. The summed E-state index contributed by atoms with van der Waals surface area (Å²) in [6.45, 7) is 0.136. The van der Waals surface area contributed by atoms with Crippen molar-refractivity contribution in [2.24, 2.45) is 0 Å². The highest BCUT2D eigenvalue weighted by atomic mass is 35.5. The van der Waals surface area contributed by atoms with Gasteiger partial charge < -0.3 is 5.32 Å². The van der Waals surface area contributed by atoms with Gasteiger partial charge in [-0.05, 0) is 29.3 Å². The molecule has 0 aromatic heterocycles. The number of rotatable bonds is 6. The fourth-order valence-corrected chi connectivity index (χ4v) is 3.04. The van der Waals surface area contributed by atoms with E-state index in [-0.39, 0.29) is 18.5 Å². The van der Waals surface area contributed by atoms with Gasteiger partial charge in [0.15, 0.2) is 0 Å². The molecule has 1 amide bonds. The number of benzene rings is 3. The van der Waals surface area contributed by atoms with E-state index in [4.69, 9.17) is 23.2 Å². The molecule has 3 rings (SSSR count). The largest absolute Gasteiger partial charge is 0.324 e. The minimum Gasteiger partial charge on any atom is -0.324 e. The molecule has 0 saturated carbocycles. The number of nitrogens with one attached hydrogen (secondary N) is 2. The van der Waals surface area contributed by atoms with Gasteiger partial charge in [-0.15, -0.1) is 0 Å². The maximum absolute atomic E-state index is 12.4. The average molecular weight is 385 g/mol. The number of halogens is 2. The third-order valence-corrected chi connectivity index (χ3v) is 4.50. The van der Waals surface area contributed by atoms with Gasteiger partial charge in [-0.3, -0.25) is 10.1 Å². The van der Waals surface area contributed by atoms with Gasteiger partial charge in [0.2, 0.25) is 5.91 Å². The van der Waals surface area contributed by atoms with Gasteiger partial charge in [-0.2, -0.15) is 0 Å². The Balaban J connectivity index is 1.72. The van der Waals surface area contributed by atoms with Crippen molar-refractivity contribution in [1.82, 2.24) is 5.32 Å². The Morgan fingerprint density at radius 3 is 2.00 bits per heavy atom. The van der Waals surface area contributed by atoms with E-state index in [2.05, 4.69) is 10.6 Å². The Bertz CT molecular complexity index is 830. The molecule has 0 radical (unpaired) electrons. The van der Waals surface area contributed by atoms with Gasteiger partial charge in [-0.1, -0.05) is 83.9 Å². The van der Waals surface area contributed by atoms with E-state index >= 15 is 0 Å². The van der Waals surface area contributed by atoms with Crippen LogP contribution in [0.5, 0.6) is 0 Å². The first-order valence-corrected chi connectivity index (χ1v) is 8.97. The molecule has 0 heterocycles. The SMILES string of the molecule is O=C(CNC(c1ccccc1)c1ccccc1)Nc1cc(Cl)ccc1Cl. The molecule has 26 heavy (non-hydrogen) atoms. The zero-order valence-electron chi connectivity index (χ0n) is 14.0. The number of hydrogen-bond acceptors (Lipinski definition) is 2. The minimum absolute atomic E-state index is 0.0852. The van der Waals surface area contributed by atoms with Crippen molar-refractivity contribution in [2.75, 3.05) is 11.9 Å². The van der Waals surface area contributed by atoms with Crippen molar-refractivity contribution in [3.63, 3.8) is 0 Å². The van der Waals surface area contributed by atoms with Gasteiger partial charge in [-0.25, -0.2) is 0 Å². The van der Waals surface area contributed by atoms with Crippen molar-refractivity contribution in [1.29, 1.82) is 0 Å². The quantitative estimate of drug-likeness (QED) is 0.604. The lowest BCUT2D eigenvalue weighted by Crippen LogP contribution is -2.32. The molecule has 0 aliphatic heterocycles. The van der Waals surface area contributed by atoms with Crippen LogP contribution in [0.15, 0.2) is 78.9 Å². The van der Waals surface area contributed by atoms with Crippen molar-refractivity contribution in [2.45, 2.75) is 6.04 Å². The molecule has 2 N–H and O–H groups in total. The van der Waals surface area contributed by atoms with Gasteiger partial charge >= 0.3 is 0 Å². The summed E-state index contributed by atoms with van der Waals surface area (Å²) >= 11 is 12.1. The lowest BCUT2D eigenvalue weighted by molar-refractivity contribution is -0.115. The fourth-order valence-electron chi connectivity index (χ4n) is 2.70. The molecule has 0 saturated heterocycles. The third-order valence-electron chi connectivity index (χ3n) is 3.94. The summed E-state index contributed by atoms with van der Waals surface area (Å²) in [4.78, 5) is 12.4. The van der Waals surface area contributed by atoms with Gasteiger partial charge in [0.05, 0.1) is 23.3 Å². The van der Waals surface area contributed by atoms with Crippen LogP contribution in [0, 0.1) is 0 Å². The summed E-state index contributed by atoms with van der Waals surface area (Å²) < 4.78 is 0. The van der Waals surface area contributed by atoms with E-state index in [0.717, 1.165) is 11.1 Å². The molecule has 132 valence electrons. The molecule has 0 unspecified atom stereocenters. The van der Waals surface area contributed by atoms with Crippen LogP contribution in [-0.4, -0.2) is 12.5 Å². The molecule has 0 fully saturated rings. The molecular weight excluding hydrogens is 367 g/mol. The Morgan fingerprint density at radius 2 is 1.42 bits per heavy atom. The first kappa shape index (κ1) is 18.5. The molecule has 3 nitrogen and oxygen atoms in total. The van der Waals surface area contributed by atoms with Crippen LogP contribution in [0.3, 0.4) is 0 Å². The van der Waals surface area contributed by atoms with Crippen molar-refractivity contribution in [3.05, 3.63) is 100 Å². The van der Waals surface area contributed by atoms with E-state index in [1.165, 1.54) is 0 Å². The molecule has 3 aromatic carbocycles. The zero-order chi connectivity index (χ0) is 18.4. The van der Waals surface area contributed by atoms with Gasteiger partial charge in [0.1, 0.15) is 0 Å². The maximum atomic E-state index is 12.4. The Labute approximate surface area is 163 Å². The normalized spacial score (nSPS) is 10.7. The summed E-state index contributed by atoms with van der Waals surface area (Å²) in [7, 11) is 0. The molecule has 0 spiro atoms. The molecule has 0 bridgehead atoms. The van der Waals surface area contributed by atoms with E-state index in [0.29, 0.717) is 15.7 Å². The number of amides is 1. The van der Waals surface area contributed by atoms with Crippen LogP contribution in [-0.2, 0) is 4.79 Å². The van der Waals surface area contributed by atoms with Crippen molar-refractivity contribution >= 4 is 34.8 Å². The summed E-state index contributed by atoms with van der Waals surface area (Å²) in [5, 5.41) is 7.08. The lowest BCUT2D eigenvalue weighted by Gasteiger charge is -2.20. The van der Waals surface area contributed by atoms with Crippen LogP contribution < -0.4 is 10.6 Å². The minimum atomic E-state index is -0.189. The van der Waals surface area contributed by atoms with E-state index in [9.17, 15) is 4.79 Å². The highest BCUT2D eigenvalue weighted by Crippen LogP contribution is 2.25. The van der Waals surface area contributed by atoms with Gasteiger partial charge in [0.25, 0.3) is 0 Å². The summed E-state index contributed by atoms with van der Waals surface area (Å²) in [6, 6.07) is 24.9. The molecule has 3 aromatic rings. The Morgan fingerprint density at radius 1 is 0.846 bits per heavy atom. The predicted octanol–water partition coefficient (Wildman–Crippen LogP) is 5.31. The van der Waals surface area contributed by atoms with E-state index < -0.39 is 0 Å². The molecule has 0 aliphatic carbocycles. The smallest absolute Gasteiger partial charge is 0.238 e. The Hall–Kier alpha value is -2.33. The van der Waals surface area contributed by atoms with Crippen LogP contribution in [0.2, 0.25) is 10.0 Å². The topological polar surface area (TPSA) is 41.1 Å². The second-order valence-corrected chi connectivity index (χ2v) is 6.65.